The SMILES string of the molecule is Fc1ccc2c(c1)C1(CC1)CO2. The summed E-state index contributed by atoms with van der Waals surface area (Å²) in [6, 6.07) is 4.81. The molecule has 0 N–H and O–H groups in total. The van der Waals surface area contributed by atoms with Crippen LogP contribution in [0.15, 0.2) is 18.2 Å². The predicted octanol–water partition coefficient (Wildman–Crippen LogP) is 2.25. The third-order valence-corrected chi connectivity index (χ3v) is 2.87. The summed E-state index contributed by atoms with van der Waals surface area (Å²) in [5, 5.41) is 0. The second kappa shape index (κ2) is 1.82. The van der Waals surface area contributed by atoms with Crippen molar-refractivity contribution in [1.82, 2.24) is 0 Å². The highest BCUT2D eigenvalue weighted by atomic mass is 19.1. The Morgan fingerprint density at radius 3 is 2.92 bits per heavy atom. The van der Waals surface area contributed by atoms with Crippen LogP contribution in [0.1, 0.15) is 18.4 Å². The smallest absolute Gasteiger partial charge is 0.123 e. The van der Waals surface area contributed by atoms with E-state index in [1.807, 2.05) is 0 Å². The highest BCUT2D eigenvalue weighted by Crippen LogP contribution is 2.55. The standard InChI is InChI=1S/C10H9FO/c11-7-1-2-9-8(5-7)10(3-4-10)6-12-9/h1-2,5H,3-4,6H2. The van der Waals surface area contributed by atoms with Crippen LogP contribution in [-0.2, 0) is 5.41 Å². The van der Waals surface area contributed by atoms with Crippen LogP contribution in [0.25, 0.3) is 0 Å². The van der Waals surface area contributed by atoms with Crippen LogP contribution < -0.4 is 4.74 Å². The lowest BCUT2D eigenvalue weighted by molar-refractivity contribution is 0.323. The Hall–Kier alpha value is -1.05. The molecule has 0 bridgehead atoms. The van der Waals surface area contributed by atoms with E-state index in [2.05, 4.69) is 0 Å². The largest absolute Gasteiger partial charge is 0.492 e. The fourth-order valence-electron chi connectivity index (χ4n) is 1.90. The van der Waals surface area contributed by atoms with E-state index in [-0.39, 0.29) is 11.2 Å². The molecule has 3 rings (SSSR count). The molecule has 0 amide bonds. The van der Waals surface area contributed by atoms with E-state index in [9.17, 15) is 4.39 Å². The van der Waals surface area contributed by atoms with E-state index < -0.39 is 0 Å². The molecule has 0 atom stereocenters. The molecular formula is C10H9FO. The van der Waals surface area contributed by atoms with Crippen LogP contribution in [0.3, 0.4) is 0 Å². The highest BCUT2D eigenvalue weighted by Gasteiger charge is 2.50. The minimum absolute atomic E-state index is 0.148. The minimum Gasteiger partial charge on any atom is -0.492 e. The number of hydrogen-bond donors (Lipinski definition) is 0. The van der Waals surface area contributed by atoms with Gasteiger partial charge in [-0.2, -0.15) is 0 Å². The van der Waals surface area contributed by atoms with Crippen molar-refractivity contribution in [3.8, 4) is 5.75 Å². The zero-order valence-electron chi connectivity index (χ0n) is 6.64. The number of hydrogen-bond acceptors (Lipinski definition) is 1. The Morgan fingerprint density at radius 1 is 1.33 bits per heavy atom. The summed E-state index contributed by atoms with van der Waals surface area (Å²) in [7, 11) is 0. The van der Waals surface area contributed by atoms with Crippen molar-refractivity contribution in [1.29, 1.82) is 0 Å². The van der Waals surface area contributed by atoms with Crippen LogP contribution in [-0.4, -0.2) is 6.61 Å². The fourth-order valence-corrected chi connectivity index (χ4v) is 1.90. The quantitative estimate of drug-likeness (QED) is 0.571. The number of rotatable bonds is 0. The first-order valence-electron chi connectivity index (χ1n) is 4.23. The molecule has 1 aromatic rings. The normalized spacial score (nSPS) is 22.1. The lowest BCUT2D eigenvalue weighted by Gasteiger charge is -2.02. The Balaban J connectivity index is 2.20. The molecule has 0 radical (unpaired) electrons. The zero-order valence-corrected chi connectivity index (χ0v) is 6.64. The second-order valence-corrected chi connectivity index (χ2v) is 3.71. The van der Waals surface area contributed by atoms with Gasteiger partial charge < -0.3 is 4.74 Å². The van der Waals surface area contributed by atoms with E-state index in [0.717, 1.165) is 30.8 Å². The molecule has 1 fully saturated rings. The van der Waals surface area contributed by atoms with Gasteiger partial charge in [-0.05, 0) is 31.0 Å². The maximum atomic E-state index is 12.9. The van der Waals surface area contributed by atoms with E-state index in [4.69, 9.17) is 4.74 Å². The Morgan fingerprint density at radius 2 is 2.17 bits per heavy atom. The van der Waals surface area contributed by atoms with E-state index >= 15 is 0 Å². The third-order valence-electron chi connectivity index (χ3n) is 2.87. The van der Waals surface area contributed by atoms with Gasteiger partial charge in [-0.3, -0.25) is 0 Å². The molecular weight excluding hydrogens is 155 g/mol. The Labute approximate surface area is 70.2 Å². The number of fused-ring (bicyclic) bond motifs is 2. The van der Waals surface area contributed by atoms with Crippen molar-refractivity contribution >= 4 is 0 Å². The first-order valence-corrected chi connectivity index (χ1v) is 4.23. The van der Waals surface area contributed by atoms with Gasteiger partial charge in [0.15, 0.2) is 0 Å². The van der Waals surface area contributed by atoms with Gasteiger partial charge in [-0.25, -0.2) is 4.39 Å². The van der Waals surface area contributed by atoms with Crippen LogP contribution in [0.2, 0.25) is 0 Å². The van der Waals surface area contributed by atoms with Crippen LogP contribution in [0, 0.1) is 5.82 Å². The van der Waals surface area contributed by atoms with Gasteiger partial charge in [0.2, 0.25) is 0 Å². The van der Waals surface area contributed by atoms with Gasteiger partial charge in [-0.1, -0.05) is 0 Å². The topological polar surface area (TPSA) is 9.23 Å². The summed E-state index contributed by atoms with van der Waals surface area (Å²) < 4.78 is 18.3. The molecule has 0 saturated heterocycles. The minimum atomic E-state index is -0.148. The molecule has 1 aliphatic heterocycles. The third kappa shape index (κ3) is 0.675. The average molecular weight is 164 g/mol. The number of ether oxygens (including phenoxy) is 1. The van der Waals surface area contributed by atoms with Crippen molar-refractivity contribution in [2.75, 3.05) is 6.61 Å². The van der Waals surface area contributed by atoms with Crippen molar-refractivity contribution in [3.63, 3.8) is 0 Å². The summed E-state index contributed by atoms with van der Waals surface area (Å²) in [5.41, 5.74) is 1.29. The van der Waals surface area contributed by atoms with Crippen LogP contribution in [0.4, 0.5) is 4.39 Å². The number of benzene rings is 1. The van der Waals surface area contributed by atoms with Crippen molar-refractivity contribution in [3.05, 3.63) is 29.6 Å². The first-order chi connectivity index (χ1) is 5.80. The molecule has 62 valence electrons. The molecule has 2 aliphatic rings. The van der Waals surface area contributed by atoms with E-state index in [0.29, 0.717) is 0 Å². The first kappa shape index (κ1) is 6.46. The maximum Gasteiger partial charge on any atom is 0.123 e. The molecule has 1 nitrogen and oxygen atoms in total. The summed E-state index contributed by atoms with van der Waals surface area (Å²) in [4.78, 5) is 0. The molecule has 0 unspecified atom stereocenters. The number of halogens is 1. The lowest BCUT2D eigenvalue weighted by Crippen LogP contribution is -2.07. The summed E-state index contributed by atoms with van der Waals surface area (Å²) in [6.07, 6.45) is 2.31. The van der Waals surface area contributed by atoms with Crippen LogP contribution in [0.5, 0.6) is 5.75 Å². The molecule has 1 heterocycles. The second-order valence-electron chi connectivity index (χ2n) is 3.71. The van der Waals surface area contributed by atoms with Crippen molar-refractivity contribution < 1.29 is 9.13 Å². The molecule has 2 heteroatoms. The summed E-state index contributed by atoms with van der Waals surface area (Å²) in [6.45, 7) is 0.756. The predicted molar refractivity (Wildman–Crippen MR) is 42.8 cm³/mol. The Bertz CT molecular complexity index is 342. The van der Waals surface area contributed by atoms with Crippen molar-refractivity contribution in [2.24, 2.45) is 0 Å². The summed E-state index contributed by atoms with van der Waals surface area (Å²) in [5.74, 6) is 0.736. The highest BCUT2D eigenvalue weighted by molar-refractivity contribution is 5.47. The maximum absolute atomic E-state index is 12.9. The van der Waals surface area contributed by atoms with Crippen molar-refractivity contribution in [2.45, 2.75) is 18.3 Å². The van der Waals surface area contributed by atoms with Gasteiger partial charge in [0, 0.05) is 11.0 Å². The average Bonchev–Trinajstić information content (AvgIpc) is 2.74. The van der Waals surface area contributed by atoms with Gasteiger partial charge in [0.1, 0.15) is 11.6 Å². The zero-order chi connectivity index (χ0) is 8.18. The van der Waals surface area contributed by atoms with Gasteiger partial charge >= 0.3 is 0 Å². The van der Waals surface area contributed by atoms with E-state index in [1.54, 1.807) is 12.1 Å². The van der Waals surface area contributed by atoms with Crippen LogP contribution >= 0.6 is 0 Å². The van der Waals surface area contributed by atoms with E-state index in [1.165, 1.54) is 6.07 Å². The molecule has 1 spiro atoms. The molecule has 1 saturated carbocycles. The molecule has 12 heavy (non-hydrogen) atoms. The molecule has 0 aromatic heterocycles. The van der Waals surface area contributed by atoms with Gasteiger partial charge in [-0.15, -0.1) is 0 Å². The van der Waals surface area contributed by atoms with Gasteiger partial charge in [0.05, 0.1) is 6.61 Å². The molecule has 1 aliphatic carbocycles. The van der Waals surface area contributed by atoms with Gasteiger partial charge in [0.25, 0.3) is 0 Å². The monoisotopic (exact) mass is 164 g/mol. The Kier molecular flexibility index (Phi) is 0.978. The fraction of sp³-hybridized carbons (Fsp3) is 0.400. The molecule has 1 aromatic carbocycles. The lowest BCUT2D eigenvalue weighted by atomic mass is 9.99. The summed E-state index contributed by atoms with van der Waals surface area (Å²) >= 11 is 0.